The minimum absolute atomic E-state index is 0.177. The molecule has 4 aromatic rings. The maximum atomic E-state index is 13.8. The molecule has 180 valence electrons. The van der Waals surface area contributed by atoms with Gasteiger partial charge in [-0.2, -0.15) is 0 Å². The number of anilines is 2. The molecule has 1 fully saturated rings. The van der Waals surface area contributed by atoms with Gasteiger partial charge >= 0.3 is 12.0 Å². The van der Waals surface area contributed by atoms with E-state index in [1.165, 1.54) is 12.1 Å². The summed E-state index contributed by atoms with van der Waals surface area (Å²) in [6.07, 6.45) is 2.15. The molecule has 2 aromatic heterocycles. The molecule has 1 aliphatic heterocycles. The predicted molar refractivity (Wildman–Crippen MR) is 132 cm³/mol. The number of esters is 1. The molecule has 0 atom stereocenters. The van der Waals surface area contributed by atoms with E-state index in [2.05, 4.69) is 10.2 Å². The van der Waals surface area contributed by atoms with Crippen LogP contribution in [0.3, 0.4) is 0 Å². The van der Waals surface area contributed by atoms with Crippen LogP contribution in [0.1, 0.15) is 12.5 Å². The van der Waals surface area contributed by atoms with Gasteiger partial charge in [0.05, 0.1) is 29.6 Å². The van der Waals surface area contributed by atoms with E-state index in [0.29, 0.717) is 44.0 Å². The van der Waals surface area contributed by atoms with E-state index < -0.39 is 0 Å². The zero-order valence-corrected chi connectivity index (χ0v) is 19.4. The highest BCUT2D eigenvalue weighted by atomic mass is 19.1. The summed E-state index contributed by atoms with van der Waals surface area (Å²) in [7, 11) is 0. The van der Waals surface area contributed by atoms with E-state index >= 15 is 0 Å². The van der Waals surface area contributed by atoms with Crippen molar-refractivity contribution in [2.24, 2.45) is 0 Å². The number of nitrogens with zero attached hydrogens (tertiary/aromatic N) is 4. The van der Waals surface area contributed by atoms with Crippen molar-refractivity contribution in [3.05, 3.63) is 72.2 Å². The molecule has 3 heterocycles. The molecule has 0 bridgehead atoms. The smallest absolute Gasteiger partial charge is 0.321 e. The van der Waals surface area contributed by atoms with Gasteiger partial charge in [0.15, 0.2) is 5.82 Å². The lowest BCUT2D eigenvalue weighted by atomic mass is 10.1. The Hall–Kier alpha value is -4.14. The molecule has 0 aliphatic carbocycles. The number of carbonyl (C=O) groups is 2. The molecule has 5 rings (SSSR count). The zero-order chi connectivity index (χ0) is 24.4. The number of ether oxygens (including phenoxy) is 1. The molecule has 0 saturated carbocycles. The van der Waals surface area contributed by atoms with E-state index in [0.717, 1.165) is 22.4 Å². The van der Waals surface area contributed by atoms with Gasteiger partial charge in [0.25, 0.3) is 0 Å². The van der Waals surface area contributed by atoms with Crippen molar-refractivity contribution in [2.75, 3.05) is 43.0 Å². The largest absolute Gasteiger partial charge is 0.466 e. The molecule has 1 saturated heterocycles. The number of carbonyl (C=O) groups excluding carboxylic acids is 2. The number of hydrogen-bond donors (Lipinski definition) is 1. The third kappa shape index (κ3) is 4.75. The van der Waals surface area contributed by atoms with Crippen LogP contribution in [0.5, 0.6) is 0 Å². The monoisotopic (exact) mass is 475 g/mol. The molecule has 0 radical (unpaired) electrons. The molecule has 2 amide bonds. The van der Waals surface area contributed by atoms with Gasteiger partial charge in [-0.05, 0) is 48.9 Å². The molecule has 0 spiro atoms. The third-order valence-corrected chi connectivity index (χ3v) is 6.13. The van der Waals surface area contributed by atoms with Crippen molar-refractivity contribution >= 4 is 40.1 Å². The van der Waals surface area contributed by atoms with Gasteiger partial charge in [-0.15, -0.1) is 0 Å². The Morgan fingerprint density at radius 2 is 1.80 bits per heavy atom. The zero-order valence-electron chi connectivity index (χ0n) is 19.4. The van der Waals surface area contributed by atoms with Crippen LogP contribution in [0.15, 0.2) is 60.8 Å². The number of benzene rings is 2. The quantitative estimate of drug-likeness (QED) is 0.440. The van der Waals surface area contributed by atoms with Gasteiger partial charge in [-0.3, -0.25) is 4.79 Å². The number of nitrogens with one attached hydrogen (secondary N) is 1. The summed E-state index contributed by atoms with van der Waals surface area (Å²) in [4.78, 5) is 33.1. The first-order chi connectivity index (χ1) is 17.0. The van der Waals surface area contributed by atoms with Crippen molar-refractivity contribution in [3.63, 3.8) is 0 Å². The van der Waals surface area contributed by atoms with E-state index in [4.69, 9.17) is 9.72 Å². The first-order valence-electron chi connectivity index (χ1n) is 11.6. The minimum atomic E-state index is -0.321. The Balaban J connectivity index is 1.23. The fourth-order valence-corrected chi connectivity index (χ4v) is 4.38. The van der Waals surface area contributed by atoms with Crippen molar-refractivity contribution in [1.82, 2.24) is 14.3 Å². The van der Waals surface area contributed by atoms with Gasteiger partial charge in [0.2, 0.25) is 0 Å². The van der Waals surface area contributed by atoms with Gasteiger partial charge in [-0.1, -0.05) is 12.1 Å². The lowest BCUT2D eigenvalue weighted by Gasteiger charge is -2.35. The second-order valence-electron chi connectivity index (χ2n) is 8.41. The van der Waals surface area contributed by atoms with Crippen molar-refractivity contribution in [2.45, 2.75) is 13.3 Å². The Labute approximate surface area is 201 Å². The van der Waals surface area contributed by atoms with E-state index in [1.807, 2.05) is 34.9 Å². The average molecular weight is 476 g/mol. The lowest BCUT2D eigenvalue weighted by molar-refractivity contribution is -0.142. The first kappa shape index (κ1) is 22.6. The third-order valence-electron chi connectivity index (χ3n) is 6.13. The first-order valence-corrected chi connectivity index (χ1v) is 11.6. The molecule has 1 N–H and O–H groups in total. The Kier molecular flexibility index (Phi) is 6.22. The van der Waals surface area contributed by atoms with Crippen LogP contribution < -0.4 is 10.2 Å². The summed E-state index contributed by atoms with van der Waals surface area (Å²) in [5.74, 6) is 0.189. The predicted octanol–water partition coefficient (Wildman–Crippen LogP) is 4.09. The summed E-state index contributed by atoms with van der Waals surface area (Å²) >= 11 is 0. The molecule has 9 heteroatoms. The van der Waals surface area contributed by atoms with Crippen LogP contribution in [-0.2, 0) is 16.0 Å². The summed E-state index contributed by atoms with van der Waals surface area (Å²) in [6.45, 7) is 4.41. The van der Waals surface area contributed by atoms with Gasteiger partial charge in [0, 0.05) is 44.1 Å². The molecular formula is C26H26FN5O3. The van der Waals surface area contributed by atoms with Gasteiger partial charge in [-0.25, -0.2) is 14.2 Å². The van der Waals surface area contributed by atoms with Crippen LogP contribution in [0.2, 0.25) is 0 Å². The van der Waals surface area contributed by atoms with Crippen LogP contribution in [0.4, 0.5) is 20.7 Å². The average Bonchev–Trinajstić information content (AvgIpc) is 3.35. The Morgan fingerprint density at radius 3 is 2.54 bits per heavy atom. The number of rotatable bonds is 5. The highest BCUT2D eigenvalue weighted by Crippen LogP contribution is 2.27. The van der Waals surface area contributed by atoms with Crippen LogP contribution >= 0.6 is 0 Å². The number of halogens is 1. The number of piperazine rings is 1. The number of amides is 2. The van der Waals surface area contributed by atoms with Crippen molar-refractivity contribution < 1.29 is 18.7 Å². The van der Waals surface area contributed by atoms with Crippen LogP contribution in [0.25, 0.3) is 16.6 Å². The second-order valence-corrected chi connectivity index (χ2v) is 8.41. The Morgan fingerprint density at radius 1 is 1.03 bits per heavy atom. The van der Waals surface area contributed by atoms with E-state index in [1.54, 1.807) is 30.0 Å². The van der Waals surface area contributed by atoms with Crippen molar-refractivity contribution in [1.29, 1.82) is 0 Å². The van der Waals surface area contributed by atoms with E-state index in [9.17, 15) is 14.0 Å². The van der Waals surface area contributed by atoms with E-state index in [-0.39, 0.29) is 24.2 Å². The van der Waals surface area contributed by atoms with Crippen LogP contribution in [0, 0.1) is 5.82 Å². The number of fused-ring (bicyclic) bond motifs is 3. The maximum Gasteiger partial charge on any atom is 0.321 e. The Bertz CT molecular complexity index is 1380. The van der Waals surface area contributed by atoms with Gasteiger partial charge in [0.1, 0.15) is 5.82 Å². The van der Waals surface area contributed by atoms with Gasteiger partial charge < -0.3 is 24.3 Å². The SMILES string of the molecule is CCOC(=O)Cc1ccc(NC(=O)N2CCN(c3nc4cc(F)ccc4n4cccc34)CC2)cc1. The fraction of sp³-hybridized carbons (Fsp3) is 0.269. The molecule has 35 heavy (non-hydrogen) atoms. The summed E-state index contributed by atoms with van der Waals surface area (Å²) in [5, 5.41) is 2.92. The lowest BCUT2D eigenvalue weighted by Crippen LogP contribution is -2.50. The van der Waals surface area contributed by atoms with Crippen molar-refractivity contribution in [3.8, 4) is 0 Å². The number of urea groups is 1. The topological polar surface area (TPSA) is 79.2 Å². The number of aromatic nitrogens is 2. The standard InChI is InChI=1S/C26H26FN5O3/c1-2-35-24(33)16-18-5-8-20(9-6-18)28-26(34)31-14-12-30(13-15-31)25-23-4-3-11-32(23)22-10-7-19(27)17-21(22)29-25/h3-11,17H,2,12-16H2,1H3,(H,28,34). The molecule has 1 aliphatic rings. The summed E-state index contributed by atoms with van der Waals surface area (Å²) < 4.78 is 20.8. The molecular weight excluding hydrogens is 449 g/mol. The number of hydrogen-bond acceptors (Lipinski definition) is 5. The molecule has 8 nitrogen and oxygen atoms in total. The molecule has 2 aromatic carbocycles. The molecule has 0 unspecified atom stereocenters. The van der Waals surface area contributed by atoms with Crippen LogP contribution in [-0.4, -0.2) is 59.1 Å². The highest BCUT2D eigenvalue weighted by Gasteiger charge is 2.24. The highest BCUT2D eigenvalue weighted by molar-refractivity contribution is 5.90. The second kappa shape index (κ2) is 9.61. The summed E-state index contributed by atoms with van der Waals surface area (Å²) in [5.41, 5.74) is 3.88. The fourth-order valence-electron chi connectivity index (χ4n) is 4.38. The minimum Gasteiger partial charge on any atom is -0.466 e. The summed E-state index contributed by atoms with van der Waals surface area (Å²) in [6, 6.07) is 15.6. The maximum absolute atomic E-state index is 13.8. The normalized spacial score (nSPS) is 13.9.